The van der Waals surface area contributed by atoms with Crippen LogP contribution in [-0.2, 0) is 11.2 Å². The largest absolute Gasteiger partial charge is 0.411 e. The molecule has 1 N–H and O–H groups in total. The topological polar surface area (TPSA) is 21.3 Å². The molecule has 0 heterocycles. The van der Waals surface area contributed by atoms with Gasteiger partial charge in [0.2, 0.25) is 0 Å². The van der Waals surface area contributed by atoms with Gasteiger partial charge in [0, 0.05) is 12.6 Å². The third kappa shape index (κ3) is 7.29. The molecule has 102 valence electrons. The number of hydrogen-bond donors (Lipinski definition) is 1. The van der Waals surface area contributed by atoms with E-state index >= 15 is 0 Å². The van der Waals surface area contributed by atoms with Gasteiger partial charge in [0.15, 0.2) is 0 Å². The van der Waals surface area contributed by atoms with E-state index in [1.807, 2.05) is 37.3 Å². The quantitative estimate of drug-likeness (QED) is 0.762. The summed E-state index contributed by atoms with van der Waals surface area (Å²) in [5.41, 5.74) is 1.20. The lowest BCUT2D eigenvalue weighted by Gasteiger charge is -2.14. The van der Waals surface area contributed by atoms with Crippen LogP contribution in [0.1, 0.15) is 12.5 Å². The fourth-order valence-electron chi connectivity index (χ4n) is 1.61. The summed E-state index contributed by atoms with van der Waals surface area (Å²) in [5.74, 6) is 0. The normalized spacial score (nSPS) is 13.6. The molecule has 1 atom stereocenters. The second kappa shape index (κ2) is 7.38. The molecule has 0 saturated carbocycles. The van der Waals surface area contributed by atoms with Gasteiger partial charge in [-0.15, -0.1) is 0 Å². The molecule has 0 spiro atoms. The zero-order valence-electron chi connectivity index (χ0n) is 10.3. The second-order valence-electron chi connectivity index (χ2n) is 4.21. The van der Waals surface area contributed by atoms with Crippen LogP contribution in [0.2, 0.25) is 0 Å². The third-order valence-corrected chi connectivity index (χ3v) is 2.39. The first-order chi connectivity index (χ1) is 8.47. The Balaban J connectivity index is 2.09. The Bertz CT molecular complexity index is 327. The van der Waals surface area contributed by atoms with E-state index in [1.54, 1.807) is 0 Å². The Hall–Kier alpha value is -1.07. The van der Waals surface area contributed by atoms with Crippen molar-refractivity contribution in [2.75, 3.05) is 19.8 Å². The predicted molar refractivity (Wildman–Crippen MR) is 64.5 cm³/mol. The van der Waals surface area contributed by atoms with Gasteiger partial charge in [0.05, 0.1) is 6.61 Å². The number of ether oxygens (including phenoxy) is 1. The zero-order chi connectivity index (χ0) is 13.4. The van der Waals surface area contributed by atoms with E-state index in [-0.39, 0.29) is 12.6 Å². The van der Waals surface area contributed by atoms with Gasteiger partial charge in [0.1, 0.15) is 6.61 Å². The summed E-state index contributed by atoms with van der Waals surface area (Å²) in [5, 5.41) is 3.12. The highest BCUT2D eigenvalue weighted by Gasteiger charge is 2.27. The molecule has 0 aliphatic carbocycles. The Labute approximate surface area is 105 Å². The van der Waals surface area contributed by atoms with Crippen molar-refractivity contribution < 1.29 is 17.9 Å². The van der Waals surface area contributed by atoms with Crippen LogP contribution in [-0.4, -0.2) is 32.0 Å². The van der Waals surface area contributed by atoms with Gasteiger partial charge in [-0.25, -0.2) is 0 Å². The van der Waals surface area contributed by atoms with Crippen molar-refractivity contribution in [1.82, 2.24) is 5.32 Å². The summed E-state index contributed by atoms with van der Waals surface area (Å²) in [4.78, 5) is 0. The van der Waals surface area contributed by atoms with Crippen LogP contribution in [0.4, 0.5) is 13.2 Å². The molecule has 0 amide bonds. The standard InChI is InChI=1S/C13H18F3NO/c1-11(9-12-5-3-2-4-6-12)17-7-8-18-10-13(14,15)16/h2-6,11,17H,7-10H2,1H3. The zero-order valence-corrected chi connectivity index (χ0v) is 10.3. The fourth-order valence-corrected chi connectivity index (χ4v) is 1.61. The van der Waals surface area contributed by atoms with Gasteiger partial charge in [0.25, 0.3) is 0 Å². The summed E-state index contributed by atoms with van der Waals surface area (Å²) in [6.07, 6.45) is -3.39. The maximum Gasteiger partial charge on any atom is 0.411 e. The highest BCUT2D eigenvalue weighted by Crippen LogP contribution is 2.13. The minimum Gasteiger partial charge on any atom is -0.371 e. The van der Waals surface area contributed by atoms with Crippen molar-refractivity contribution in [2.45, 2.75) is 25.6 Å². The van der Waals surface area contributed by atoms with Crippen molar-refractivity contribution in [3.8, 4) is 0 Å². The highest BCUT2D eigenvalue weighted by atomic mass is 19.4. The Morgan fingerprint density at radius 2 is 1.89 bits per heavy atom. The minimum absolute atomic E-state index is 0.0681. The smallest absolute Gasteiger partial charge is 0.371 e. The molecule has 1 aromatic carbocycles. The van der Waals surface area contributed by atoms with E-state index in [9.17, 15) is 13.2 Å². The third-order valence-electron chi connectivity index (χ3n) is 2.39. The summed E-state index contributed by atoms with van der Waals surface area (Å²) < 4.78 is 39.9. The Kier molecular flexibility index (Phi) is 6.15. The van der Waals surface area contributed by atoms with Gasteiger partial charge >= 0.3 is 6.18 Å². The van der Waals surface area contributed by atoms with E-state index in [1.165, 1.54) is 5.56 Å². The van der Waals surface area contributed by atoms with Crippen LogP contribution >= 0.6 is 0 Å². The number of halogens is 3. The molecule has 0 aliphatic rings. The SMILES string of the molecule is CC(Cc1ccccc1)NCCOCC(F)(F)F. The number of alkyl halides is 3. The first-order valence-electron chi connectivity index (χ1n) is 5.89. The molecule has 1 unspecified atom stereocenters. The first kappa shape index (κ1) is 15.0. The van der Waals surface area contributed by atoms with Gasteiger partial charge in [-0.1, -0.05) is 30.3 Å². The minimum atomic E-state index is -4.24. The van der Waals surface area contributed by atoms with Crippen molar-refractivity contribution in [3.63, 3.8) is 0 Å². The molecular formula is C13H18F3NO. The Morgan fingerprint density at radius 1 is 1.22 bits per heavy atom. The molecular weight excluding hydrogens is 243 g/mol. The van der Waals surface area contributed by atoms with E-state index in [4.69, 9.17) is 0 Å². The van der Waals surface area contributed by atoms with Crippen molar-refractivity contribution in [2.24, 2.45) is 0 Å². The van der Waals surface area contributed by atoms with Crippen LogP contribution in [0, 0.1) is 0 Å². The van der Waals surface area contributed by atoms with E-state index < -0.39 is 12.8 Å². The molecule has 0 fully saturated rings. The van der Waals surface area contributed by atoms with Crippen LogP contribution in [0.5, 0.6) is 0 Å². The number of benzene rings is 1. The maximum atomic E-state index is 11.8. The number of hydrogen-bond acceptors (Lipinski definition) is 2. The molecule has 0 radical (unpaired) electrons. The van der Waals surface area contributed by atoms with Gasteiger partial charge < -0.3 is 10.1 Å². The molecule has 0 aromatic heterocycles. The summed E-state index contributed by atoms with van der Waals surface area (Å²) in [6.45, 7) is 1.31. The number of rotatable bonds is 7. The van der Waals surface area contributed by atoms with E-state index in [2.05, 4.69) is 10.1 Å². The first-order valence-corrected chi connectivity index (χ1v) is 5.89. The molecule has 18 heavy (non-hydrogen) atoms. The maximum absolute atomic E-state index is 11.8. The lowest BCUT2D eigenvalue weighted by Crippen LogP contribution is -2.32. The Morgan fingerprint density at radius 3 is 2.50 bits per heavy atom. The second-order valence-corrected chi connectivity index (χ2v) is 4.21. The molecule has 0 bridgehead atoms. The monoisotopic (exact) mass is 261 g/mol. The fraction of sp³-hybridized carbons (Fsp3) is 0.538. The average molecular weight is 261 g/mol. The van der Waals surface area contributed by atoms with Gasteiger partial charge in [-0.2, -0.15) is 13.2 Å². The lowest BCUT2D eigenvalue weighted by atomic mass is 10.1. The average Bonchev–Trinajstić information content (AvgIpc) is 2.28. The molecule has 5 heteroatoms. The molecule has 1 rings (SSSR count). The summed E-state index contributed by atoms with van der Waals surface area (Å²) >= 11 is 0. The van der Waals surface area contributed by atoms with E-state index in [0.29, 0.717) is 6.54 Å². The van der Waals surface area contributed by atoms with Crippen molar-refractivity contribution >= 4 is 0 Å². The molecule has 2 nitrogen and oxygen atoms in total. The van der Waals surface area contributed by atoms with Crippen molar-refractivity contribution in [3.05, 3.63) is 35.9 Å². The van der Waals surface area contributed by atoms with Crippen LogP contribution in [0.25, 0.3) is 0 Å². The van der Waals surface area contributed by atoms with Crippen LogP contribution in [0.3, 0.4) is 0 Å². The van der Waals surface area contributed by atoms with Crippen LogP contribution < -0.4 is 5.32 Å². The highest BCUT2D eigenvalue weighted by molar-refractivity contribution is 5.15. The summed E-state index contributed by atoms with van der Waals surface area (Å²) in [7, 11) is 0. The van der Waals surface area contributed by atoms with Crippen molar-refractivity contribution in [1.29, 1.82) is 0 Å². The molecule has 1 aromatic rings. The predicted octanol–water partition coefficient (Wildman–Crippen LogP) is 2.79. The number of nitrogens with one attached hydrogen (secondary N) is 1. The van der Waals surface area contributed by atoms with Crippen LogP contribution in [0.15, 0.2) is 30.3 Å². The molecule has 0 aliphatic heterocycles. The summed E-state index contributed by atoms with van der Waals surface area (Å²) in [6, 6.07) is 10.1. The molecule has 0 saturated heterocycles. The van der Waals surface area contributed by atoms with E-state index in [0.717, 1.165) is 6.42 Å². The van der Waals surface area contributed by atoms with Gasteiger partial charge in [-0.3, -0.25) is 0 Å². The van der Waals surface area contributed by atoms with Gasteiger partial charge in [-0.05, 0) is 18.9 Å². The lowest BCUT2D eigenvalue weighted by molar-refractivity contribution is -0.173.